The number of esters is 1. The van der Waals surface area contributed by atoms with E-state index in [4.69, 9.17) is 25.8 Å². The first-order valence-electron chi connectivity index (χ1n) is 14.3. The van der Waals surface area contributed by atoms with Crippen LogP contribution in [0.4, 0.5) is 0 Å². The van der Waals surface area contributed by atoms with E-state index in [1.165, 1.54) is 13.2 Å². The molecule has 1 heterocycles. The first-order valence-corrected chi connectivity index (χ1v) is 14.7. The minimum Gasteiger partial charge on any atom is -0.490 e. The van der Waals surface area contributed by atoms with Crippen LogP contribution in [0, 0.1) is 5.41 Å². The summed E-state index contributed by atoms with van der Waals surface area (Å²) in [7, 11) is 3.11. The zero-order valence-electron chi connectivity index (χ0n) is 27.2. The maximum absolute atomic E-state index is 11.8. The molecule has 0 aliphatic carbocycles. The van der Waals surface area contributed by atoms with Crippen LogP contribution in [0.3, 0.4) is 0 Å². The van der Waals surface area contributed by atoms with E-state index in [9.17, 15) is 14.4 Å². The predicted octanol–water partition coefficient (Wildman–Crippen LogP) is 7.04. The number of ether oxygens (including phenoxy) is 3. The highest BCUT2D eigenvalue weighted by Gasteiger charge is 2.23. The van der Waals surface area contributed by atoms with Gasteiger partial charge in [-0.05, 0) is 51.3 Å². The molecule has 9 heteroatoms. The quantitative estimate of drug-likeness (QED) is 0.0948. The van der Waals surface area contributed by atoms with E-state index in [1.807, 2.05) is 65.0 Å². The Kier molecular flexibility index (Phi) is 23.9. The summed E-state index contributed by atoms with van der Waals surface area (Å²) < 4.78 is 15.4. The van der Waals surface area contributed by atoms with Crippen molar-refractivity contribution in [3.05, 3.63) is 71.2 Å². The molecule has 0 spiro atoms. The lowest BCUT2D eigenvalue weighted by atomic mass is 9.88. The molecule has 3 unspecified atom stereocenters. The Morgan fingerprint density at radius 2 is 1.79 bits per heavy atom. The standard InChI is InChI=1S/C21H31NO4.C10H16ClNO2.C2H6/c1-15(11-12-17-13-14-18(25-6)20(24)26-17)9-7-8-10-19(23)22-16(2)21(3,4)5;1-9(11)5-6-10(14-2)4-3-7-12-8-13;1-2/h7-11,14,16-17H,12-13H2,1-6H3,(H,22,23);3,5,7-8,10H,4,6H2,1-2H3,(H,12,13);1-2H3/b9-7-,10-8-,15-11+;7-3-,9-5+;. The van der Waals surface area contributed by atoms with E-state index >= 15 is 0 Å². The third-order valence-electron chi connectivity index (χ3n) is 6.02. The maximum Gasteiger partial charge on any atom is 0.373 e. The van der Waals surface area contributed by atoms with Crippen LogP contribution in [-0.2, 0) is 28.6 Å². The maximum atomic E-state index is 11.8. The highest BCUT2D eigenvalue weighted by atomic mass is 35.5. The van der Waals surface area contributed by atoms with E-state index in [2.05, 4.69) is 31.4 Å². The third-order valence-corrected chi connectivity index (χ3v) is 6.17. The number of hydrogen-bond donors (Lipinski definition) is 2. The number of cyclic esters (lactones) is 1. The molecule has 0 bridgehead atoms. The van der Waals surface area contributed by atoms with Crippen LogP contribution >= 0.6 is 11.6 Å². The lowest BCUT2D eigenvalue weighted by molar-refractivity contribution is -0.149. The summed E-state index contributed by atoms with van der Waals surface area (Å²) in [5.41, 5.74) is 1.07. The molecule has 1 aliphatic rings. The summed E-state index contributed by atoms with van der Waals surface area (Å²) in [6.45, 7) is 16.1. The second kappa shape index (κ2) is 24.5. The molecule has 8 nitrogen and oxygen atoms in total. The topological polar surface area (TPSA) is 103 Å². The zero-order chi connectivity index (χ0) is 32.6. The summed E-state index contributed by atoms with van der Waals surface area (Å²) in [6, 6.07) is 0.0936. The van der Waals surface area contributed by atoms with Crippen LogP contribution in [0.2, 0.25) is 0 Å². The van der Waals surface area contributed by atoms with Gasteiger partial charge in [-0.15, -0.1) is 0 Å². The fourth-order valence-corrected chi connectivity index (χ4v) is 3.10. The summed E-state index contributed by atoms with van der Waals surface area (Å²) in [4.78, 5) is 33.4. The fourth-order valence-electron chi connectivity index (χ4n) is 3.01. The molecule has 3 atom stereocenters. The third kappa shape index (κ3) is 21.6. The van der Waals surface area contributed by atoms with Gasteiger partial charge in [0.1, 0.15) is 6.10 Å². The van der Waals surface area contributed by atoms with Gasteiger partial charge in [-0.1, -0.05) is 88.2 Å². The summed E-state index contributed by atoms with van der Waals surface area (Å²) >= 11 is 5.69. The van der Waals surface area contributed by atoms with Crippen LogP contribution in [0.25, 0.3) is 0 Å². The molecular weight excluding hydrogens is 556 g/mol. The molecular formula is C33H53ClN2O6. The molecule has 42 heavy (non-hydrogen) atoms. The van der Waals surface area contributed by atoms with Gasteiger partial charge in [0.15, 0.2) is 5.76 Å². The Bertz CT molecular complexity index is 970. The molecule has 0 fully saturated rings. The molecule has 0 aromatic heterocycles. The van der Waals surface area contributed by atoms with E-state index in [0.717, 1.165) is 23.4 Å². The van der Waals surface area contributed by atoms with Crippen molar-refractivity contribution in [3.8, 4) is 0 Å². The van der Waals surface area contributed by atoms with Gasteiger partial charge >= 0.3 is 5.97 Å². The average Bonchev–Trinajstić information content (AvgIpc) is 2.94. The normalized spacial score (nSPS) is 17.4. The summed E-state index contributed by atoms with van der Waals surface area (Å²) in [5.74, 6) is -0.247. The number of halogens is 1. The van der Waals surface area contributed by atoms with Crippen molar-refractivity contribution >= 4 is 29.9 Å². The summed E-state index contributed by atoms with van der Waals surface area (Å²) in [5, 5.41) is 6.15. The molecule has 2 N–H and O–H groups in total. The number of nitrogens with one attached hydrogen (secondary N) is 2. The van der Waals surface area contributed by atoms with E-state index in [-0.39, 0.29) is 35.3 Å². The number of carbonyl (C=O) groups excluding carboxylic acids is 3. The fraction of sp³-hybridized carbons (Fsp3) is 0.545. The Morgan fingerprint density at radius 1 is 1.14 bits per heavy atom. The average molecular weight is 609 g/mol. The van der Waals surface area contributed by atoms with Gasteiger partial charge in [-0.2, -0.15) is 0 Å². The van der Waals surface area contributed by atoms with Crippen molar-refractivity contribution in [2.75, 3.05) is 14.2 Å². The van der Waals surface area contributed by atoms with Gasteiger partial charge in [0.05, 0.1) is 13.2 Å². The van der Waals surface area contributed by atoms with Gasteiger partial charge in [0.2, 0.25) is 12.3 Å². The lowest BCUT2D eigenvalue weighted by Gasteiger charge is -2.27. The van der Waals surface area contributed by atoms with Crippen molar-refractivity contribution in [1.29, 1.82) is 0 Å². The second-order valence-electron chi connectivity index (χ2n) is 10.3. The van der Waals surface area contributed by atoms with E-state index < -0.39 is 5.97 Å². The zero-order valence-corrected chi connectivity index (χ0v) is 27.9. The van der Waals surface area contributed by atoms with Crippen LogP contribution in [-0.4, -0.2) is 50.8 Å². The molecule has 0 radical (unpaired) electrons. The Morgan fingerprint density at radius 3 is 2.31 bits per heavy atom. The van der Waals surface area contributed by atoms with Crippen molar-refractivity contribution in [2.24, 2.45) is 5.41 Å². The largest absolute Gasteiger partial charge is 0.490 e. The Balaban J connectivity index is 0. The molecule has 0 saturated carbocycles. The number of amides is 2. The van der Waals surface area contributed by atoms with Gasteiger partial charge in [0, 0.05) is 37.1 Å². The minimum atomic E-state index is -0.413. The van der Waals surface area contributed by atoms with Crippen molar-refractivity contribution in [2.45, 2.75) is 99.3 Å². The first kappa shape index (κ1) is 41.0. The van der Waals surface area contributed by atoms with E-state index in [0.29, 0.717) is 19.3 Å². The molecule has 0 aromatic rings. The molecule has 1 rings (SSSR count). The van der Waals surface area contributed by atoms with E-state index in [1.54, 1.807) is 25.5 Å². The summed E-state index contributed by atoms with van der Waals surface area (Å²) in [6.07, 6.45) is 19.5. The Hall–Kier alpha value is -3.10. The van der Waals surface area contributed by atoms with Crippen LogP contribution < -0.4 is 10.6 Å². The van der Waals surface area contributed by atoms with Gasteiger partial charge < -0.3 is 24.8 Å². The second-order valence-corrected chi connectivity index (χ2v) is 10.9. The predicted molar refractivity (Wildman–Crippen MR) is 173 cm³/mol. The smallest absolute Gasteiger partial charge is 0.373 e. The number of methoxy groups -OCH3 is 2. The van der Waals surface area contributed by atoms with Crippen molar-refractivity contribution < 1.29 is 28.6 Å². The van der Waals surface area contributed by atoms with Gasteiger partial charge in [-0.25, -0.2) is 4.79 Å². The molecule has 0 saturated heterocycles. The highest BCUT2D eigenvalue weighted by Crippen LogP contribution is 2.19. The minimum absolute atomic E-state index is 0.0282. The van der Waals surface area contributed by atoms with Crippen molar-refractivity contribution in [3.63, 3.8) is 0 Å². The monoisotopic (exact) mass is 608 g/mol. The van der Waals surface area contributed by atoms with Crippen molar-refractivity contribution in [1.82, 2.24) is 10.6 Å². The number of rotatable bonds is 14. The van der Waals surface area contributed by atoms with Crippen LogP contribution in [0.15, 0.2) is 71.2 Å². The molecule has 0 aromatic carbocycles. The number of carbonyl (C=O) groups is 3. The molecule has 238 valence electrons. The number of hydrogen-bond acceptors (Lipinski definition) is 6. The highest BCUT2D eigenvalue weighted by molar-refractivity contribution is 6.29. The Labute approximate surface area is 259 Å². The SMILES string of the molecule is CC.COC(C/C=C\NC=O)C/C=C(\C)Cl.COC1=CCC(C/C=C(C)/C=C\C=C/C(=O)NC(C)C(C)(C)C)OC1=O. The van der Waals surface area contributed by atoms with Crippen LogP contribution in [0.1, 0.15) is 81.1 Å². The van der Waals surface area contributed by atoms with Gasteiger partial charge in [-0.3, -0.25) is 9.59 Å². The molecule has 2 amide bonds. The molecule has 1 aliphatic heterocycles. The number of allylic oxidation sites excluding steroid dienone is 5. The van der Waals surface area contributed by atoms with Crippen LogP contribution in [0.5, 0.6) is 0 Å². The first-order chi connectivity index (χ1) is 19.8. The van der Waals surface area contributed by atoms with Gasteiger partial charge in [0.25, 0.3) is 0 Å². The lowest BCUT2D eigenvalue weighted by Crippen LogP contribution is -2.40.